The van der Waals surface area contributed by atoms with Crippen LogP contribution in [-0.2, 0) is 28.5 Å². The zero-order valence-corrected chi connectivity index (χ0v) is 22.6. The van der Waals surface area contributed by atoms with Gasteiger partial charge in [0.05, 0.1) is 36.4 Å². The molecule has 2 aliphatic heterocycles. The maximum Gasteiger partial charge on any atom is 0.331 e. The number of fused-ring (bicyclic) bond motifs is 2. The lowest BCUT2D eigenvalue weighted by atomic mass is 9.51. The lowest BCUT2D eigenvalue weighted by Crippen LogP contribution is -2.66. The molecule has 3 N–H and O–H groups in total. The molecule has 0 aromatic carbocycles. The fourth-order valence-corrected chi connectivity index (χ4v) is 6.48. The molecule has 1 saturated carbocycles. The summed E-state index contributed by atoms with van der Waals surface area (Å²) in [5.74, 6) is -1.02. The normalized spacial score (nSPS) is 37.7. The Balaban J connectivity index is 1.58. The van der Waals surface area contributed by atoms with Crippen molar-refractivity contribution in [3.8, 4) is 0 Å². The summed E-state index contributed by atoms with van der Waals surface area (Å²) in [5, 5.41) is 28.2. The van der Waals surface area contributed by atoms with Crippen LogP contribution in [0.1, 0.15) is 53.4 Å². The van der Waals surface area contributed by atoms with E-state index in [9.17, 15) is 19.8 Å². The van der Waals surface area contributed by atoms with Gasteiger partial charge in [-0.25, -0.2) is 9.59 Å². The first-order chi connectivity index (χ1) is 18.0. The van der Waals surface area contributed by atoms with Crippen LogP contribution in [0.5, 0.6) is 0 Å². The number of esters is 2. The Morgan fingerprint density at radius 2 is 2.00 bits per heavy atom. The molecule has 0 radical (unpaired) electrons. The number of rotatable bonds is 10. The predicted molar refractivity (Wildman–Crippen MR) is 138 cm³/mol. The van der Waals surface area contributed by atoms with Crippen molar-refractivity contribution in [2.75, 3.05) is 19.8 Å². The first-order valence-corrected chi connectivity index (χ1v) is 13.3. The number of aliphatic hydroxyl groups excluding tert-OH is 3. The van der Waals surface area contributed by atoms with Crippen LogP contribution < -0.4 is 0 Å². The van der Waals surface area contributed by atoms with Crippen LogP contribution >= 0.6 is 0 Å². The standard InChI is InChI=1S/C29H40O9/c1-18-9-11-28(16-35-26(34)14-19(2)10-12-30)23(13-18)37-24-15-22(27(28,4)29(24)17-36-29)38-25(33)8-6-5-7-21(32)20(3)31/h5-8,13-14,20-24,30-32H,9-12,15-17H2,1-4H3/b7-5+,8-6-,19-14+/t20-,21-,22+,23+,24+,27+,28+,29+/m0/s1. The maximum absolute atomic E-state index is 12.8. The minimum Gasteiger partial charge on any atom is -0.462 e. The number of carbonyl (C=O) groups is 2. The maximum atomic E-state index is 12.8. The average molecular weight is 533 g/mol. The fourth-order valence-electron chi connectivity index (χ4n) is 6.48. The zero-order chi connectivity index (χ0) is 27.7. The molecule has 3 fully saturated rings. The molecule has 210 valence electrons. The highest BCUT2D eigenvalue weighted by Gasteiger charge is 2.83. The number of carbonyl (C=O) groups excluding carboxylic acids is 2. The van der Waals surface area contributed by atoms with Crippen LogP contribution in [0, 0.1) is 10.8 Å². The van der Waals surface area contributed by atoms with E-state index < -0.39 is 46.7 Å². The molecule has 2 aliphatic carbocycles. The molecule has 8 atom stereocenters. The Labute approximate surface area is 223 Å². The molecule has 0 amide bonds. The van der Waals surface area contributed by atoms with Gasteiger partial charge < -0.3 is 34.3 Å². The summed E-state index contributed by atoms with van der Waals surface area (Å²) < 4.78 is 24.6. The summed E-state index contributed by atoms with van der Waals surface area (Å²) in [6.07, 6.45) is 8.43. The van der Waals surface area contributed by atoms with Crippen LogP contribution in [0.3, 0.4) is 0 Å². The Morgan fingerprint density at radius 1 is 1.26 bits per heavy atom. The molecular weight excluding hydrogens is 492 g/mol. The summed E-state index contributed by atoms with van der Waals surface area (Å²) in [7, 11) is 0. The van der Waals surface area contributed by atoms with E-state index >= 15 is 0 Å². The van der Waals surface area contributed by atoms with Crippen molar-refractivity contribution in [1.82, 2.24) is 0 Å². The van der Waals surface area contributed by atoms with Gasteiger partial charge in [-0.15, -0.1) is 0 Å². The smallest absolute Gasteiger partial charge is 0.331 e. The first-order valence-electron chi connectivity index (χ1n) is 13.3. The fraction of sp³-hybridized carbons (Fsp3) is 0.655. The van der Waals surface area contributed by atoms with Gasteiger partial charge in [-0.1, -0.05) is 42.4 Å². The van der Waals surface area contributed by atoms with Crippen molar-refractivity contribution in [3.63, 3.8) is 0 Å². The van der Waals surface area contributed by atoms with E-state index in [0.29, 0.717) is 25.9 Å². The Morgan fingerprint density at radius 3 is 2.66 bits per heavy atom. The molecule has 4 rings (SSSR count). The van der Waals surface area contributed by atoms with E-state index in [1.54, 1.807) is 6.92 Å². The van der Waals surface area contributed by atoms with Gasteiger partial charge in [0.1, 0.15) is 18.3 Å². The van der Waals surface area contributed by atoms with Crippen molar-refractivity contribution < 1.29 is 43.9 Å². The van der Waals surface area contributed by atoms with Crippen molar-refractivity contribution in [2.24, 2.45) is 10.8 Å². The highest BCUT2D eigenvalue weighted by Crippen LogP contribution is 2.72. The molecule has 9 heteroatoms. The molecular formula is C29H40O9. The van der Waals surface area contributed by atoms with E-state index in [1.165, 1.54) is 42.9 Å². The molecule has 0 aromatic rings. The van der Waals surface area contributed by atoms with Crippen molar-refractivity contribution in [3.05, 3.63) is 47.6 Å². The third kappa shape index (κ3) is 5.02. The summed E-state index contributed by atoms with van der Waals surface area (Å²) in [6, 6.07) is 0. The van der Waals surface area contributed by atoms with Crippen LogP contribution in [0.4, 0.5) is 0 Å². The van der Waals surface area contributed by atoms with Crippen LogP contribution in [0.2, 0.25) is 0 Å². The molecule has 0 aromatic heterocycles. The second-order valence-corrected chi connectivity index (χ2v) is 11.3. The van der Waals surface area contributed by atoms with E-state index in [1.807, 2.05) is 0 Å². The molecule has 0 unspecified atom stereocenters. The Bertz CT molecular complexity index is 1040. The van der Waals surface area contributed by atoms with Gasteiger partial charge in [0.15, 0.2) is 0 Å². The van der Waals surface area contributed by atoms with Crippen LogP contribution in [0.15, 0.2) is 47.6 Å². The van der Waals surface area contributed by atoms with Crippen molar-refractivity contribution in [1.29, 1.82) is 0 Å². The number of hydrogen-bond donors (Lipinski definition) is 3. The molecule has 2 bridgehead atoms. The van der Waals surface area contributed by atoms with Gasteiger partial charge in [-0.2, -0.15) is 0 Å². The highest BCUT2D eigenvalue weighted by molar-refractivity contribution is 5.83. The summed E-state index contributed by atoms with van der Waals surface area (Å²) >= 11 is 0. The number of aliphatic hydroxyl groups is 3. The van der Waals surface area contributed by atoms with Gasteiger partial charge in [0.25, 0.3) is 0 Å². The van der Waals surface area contributed by atoms with Gasteiger partial charge in [0.2, 0.25) is 0 Å². The second-order valence-electron chi connectivity index (χ2n) is 11.3. The minimum absolute atomic E-state index is 0.0444. The van der Waals surface area contributed by atoms with Crippen LogP contribution in [0.25, 0.3) is 0 Å². The number of epoxide rings is 1. The summed E-state index contributed by atoms with van der Waals surface area (Å²) in [4.78, 5) is 25.5. The zero-order valence-electron chi connectivity index (χ0n) is 22.6. The molecule has 1 spiro atoms. The van der Waals surface area contributed by atoms with Gasteiger partial charge in [0, 0.05) is 30.6 Å². The van der Waals surface area contributed by atoms with Crippen LogP contribution in [-0.4, -0.2) is 83.2 Å². The van der Waals surface area contributed by atoms with Crippen molar-refractivity contribution in [2.45, 2.75) is 89.5 Å². The van der Waals surface area contributed by atoms with E-state index in [2.05, 4.69) is 19.9 Å². The predicted octanol–water partition coefficient (Wildman–Crippen LogP) is 2.30. The number of allylic oxidation sites excluding steroid dienone is 3. The second kappa shape index (κ2) is 11.1. The lowest BCUT2D eigenvalue weighted by molar-refractivity contribution is -0.232. The van der Waals surface area contributed by atoms with E-state index in [-0.39, 0.29) is 25.4 Å². The minimum atomic E-state index is -1.03. The third-order valence-electron chi connectivity index (χ3n) is 8.96. The largest absolute Gasteiger partial charge is 0.462 e. The van der Waals surface area contributed by atoms with Gasteiger partial charge >= 0.3 is 11.9 Å². The molecule has 9 nitrogen and oxygen atoms in total. The molecule has 4 aliphatic rings. The van der Waals surface area contributed by atoms with E-state index in [0.717, 1.165) is 12.0 Å². The average Bonchev–Trinajstić information content (AvgIpc) is 3.63. The summed E-state index contributed by atoms with van der Waals surface area (Å²) in [6.45, 7) is 7.90. The monoisotopic (exact) mass is 532 g/mol. The third-order valence-corrected chi connectivity index (χ3v) is 8.96. The Kier molecular flexibility index (Phi) is 8.35. The summed E-state index contributed by atoms with van der Waals surface area (Å²) in [5.41, 5.74) is -0.0208. The lowest BCUT2D eigenvalue weighted by Gasteiger charge is -2.58. The Hall–Kier alpha value is -2.30. The molecule has 2 saturated heterocycles. The van der Waals surface area contributed by atoms with Gasteiger partial charge in [-0.05, 0) is 40.0 Å². The number of ether oxygens (including phenoxy) is 4. The topological polar surface area (TPSA) is 135 Å². The van der Waals surface area contributed by atoms with E-state index in [4.69, 9.17) is 24.1 Å². The SMILES string of the molecule is CC1=C[C@H]2O[C@@H]3C[C@@H](OC(=O)/C=C\C=C\[C@H](O)[C@H](C)O)[C@](C)([C@@]2(COC(=O)/C=C(\C)CCO)CC1)[C@@]31CO1. The molecule has 2 heterocycles. The number of hydrogen-bond acceptors (Lipinski definition) is 9. The van der Waals surface area contributed by atoms with Gasteiger partial charge in [-0.3, -0.25) is 0 Å². The quantitative estimate of drug-likeness (QED) is 0.127. The molecule has 38 heavy (non-hydrogen) atoms. The highest BCUT2D eigenvalue weighted by atomic mass is 16.6. The van der Waals surface area contributed by atoms with Crippen molar-refractivity contribution >= 4 is 11.9 Å². The first kappa shape index (κ1) is 28.7.